The summed E-state index contributed by atoms with van der Waals surface area (Å²) in [6.45, 7) is 6.72. The van der Waals surface area contributed by atoms with E-state index in [1.165, 1.54) is 0 Å². The minimum Gasteiger partial charge on any atom is -0.466 e. The van der Waals surface area contributed by atoms with Gasteiger partial charge in [-0.05, 0) is 26.8 Å². The van der Waals surface area contributed by atoms with E-state index in [0.29, 0.717) is 6.42 Å². The Labute approximate surface area is 101 Å². The van der Waals surface area contributed by atoms with Crippen LogP contribution in [-0.2, 0) is 13.0 Å². The van der Waals surface area contributed by atoms with Crippen molar-refractivity contribution in [3.05, 3.63) is 35.3 Å². The summed E-state index contributed by atoms with van der Waals surface area (Å²) in [5.41, 5.74) is 7.23. The quantitative estimate of drug-likeness (QED) is 0.875. The van der Waals surface area contributed by atoms with Gasteiger partial charge >= 0.3 is 0 Å². The molecule has 0 amide bonds. The van der Waals surface area contributed by atoms with Crippen LogP contribution in [0.15, 0.2) is 16.8 Å². The summed E-state index contributed by atoms with van der Waals surface area (Å²) in [7, 11) is 0. The monoisotopic (exact) mass is 234 g/mol. The van der Waals surface area contributed by atoms with Crippen molar-refractivity contribution < 1.29 is 4.42 Å². The summed E-state index contributed by atoms with van der Waals surface area (Å²) in [4.78, 5) is 4.23. The lowest BCUT2D eigenvalue weighted by Gasteiger charge is -2.10. The van der Waals surface area contributed by atoms with Crippen molar-refractivity contribution in [3.8, 4) is 0 Å². The maximum Gasteiger partial charge on any atom is 0.138 e. The van der Waals surface area contributed by atoms with E-state index in [9.17, 15) is 0 Å². The van der Waals surface area contributed by atoms with Crippen LogP contribution in [0.4, 0.5) is 0 Å². The smallest absolute Gasteiger partial charge is 0.138 e. The SMILES string of the molecule is CCn1ncnc1CC(N)c1cc(C)oc1C. The predicted octanol–water partition coefficient (Wildman–Crippen LogP) is 1.75. The fourth-order valence-electron chi connectivity index (χ4n) is 2.04. The molecule has 92 valence electrons. The minimum atomic E-state index is -0.0954. The first-order chi connectivity index (χ1) is 8.11. The molecule has 0 saturated carbocycles. The molecule has 2 aromatic heterocycles. The van der Waals surface area contributed by atoms with E-state index in [1.807, 2.05) is 31.5 Å². The van der Waals surface area contributed by atoms with Gasteiger partial charge in [0.15, 0.2) is 0 Å². The Bertz CT molecular complexity index is 500. The molecule has 1 atom stereocenters. The largest absolute Gasteiger partial charge is 0.466 e. The van der Waals surface area contributed by atoms with Crippen molar-refractivity contribution in [2.75, 3.05) is 0 Å². The number of aromatic nitrogens is 3. The zero-order valence-electron chi connectivity index (χ0n) is 10.5. The van der Waals surface area contributed by atoms with Gasteiger partial charge in [0, 0.05) is 24.6 Å². The maximum atomic E-state index is 6.18. The molecule has 2 heterocycles. The van der Waals surface area contributed by atoms with Crippen LogP contribution in [0.3, 0.4) is 0 Å². The first-order valence-corrected chi connectivity index (χ1v) is 5.81. The van der Waals surface area contributed by atoms with Gasteiger partial charge in [-0.15, -0.1) is 0 Å². The molecule has 0 aliphatic heterocycles. The van der Waals surface area contributed by atoms with Crippen LogP contribution in [-0.4, -0.2) is 14.8 Å². The molecule has 2 rings (SSSR count). The van der Waals surface area contributed by atoms with E-state index in [0.717, 1.165) is 29.5 Å². The average molecular weight is 234 g/mol. The Morgan fingerprint density at radius 3 is 2.82 bits per heavy atom. The standard InChI is InChI=1S/C12H18N4O/c1-4-16-12(14-7-15-16)6-11(13)10-5-8(2)17-9(10)3/h5,7,11H,4,6,13H2,1-3H3. The third-order valence-corrected chi connectivity index (χ3v) is 2.88. The van der Waals surface area contributed by atoms with Crippen molar-refractivity contribution >= 4 is 0 Å². The van der Waals surface area contributed by atoms with Crippen LogP contribution < -0.4 is 5.73 Å². The zero-order chi connectivity index (χ0) is 12.4. The fourth-order valence-corrected chi connectivity index (χ4v) is 2.04. The van der Waals surface area contributed by atoms with Gasteiger partial charge in [-0.25, -0.2) is 4.98 Å². The second-order valence-corrected chi connectivity index (χ2v) is 4.17. The first kappa shape index (κ1) is 11.9. The highest BCUT2D eigenvalue weighted by atomic mass is 16.3. The van der Waals surface area contributed by atoms with Gasteiger partial charge in [-0.3, -0.25) is 4.68 Å². The van der Waals surface area contributed by atoms with E-state index < -0.39 is 0 Å². The zero-order valence-corrected chi connectivity index (χ0v) is 10.5. The van der Waals surface area contributed by atoms with Gasteiger partial charge in [0.25, 0.3) is 0 Å². The molecule has 2 N–H and O–H groups in total. The number of nitrogens with zero attached hydrogens (tertiary/aromatic N) is 3. The minimum absolute atomic E-state index is 0.0954. The van der Waals surface area contributed by atoms with E-state index in [2.05, 4.69) is 10.1 Å². The van der Waals surface area contributed by atoms with Crippen molar-refractivity contribution in [2.24, 2.45) is 5.73 Å². The molecular weight excluding hydrogens is 216 g/mol. The number of aryl methyl sites for hydroxylation is 3. The summed E-state index contributed by atoms with van der Waals surface area (Å²) >= 11 is 0. The second kappa shape index (κ2) is 4.71. The number of nitrogens with two attached hydrogens (primary N) is 1. The molecule has 0 radical (unpaired) electrons. The summed E-state index contributed by atoms with van der Waals surface area (Å²) in [5, 5.41) is 4.14. The van der Waals surface area contributed by atoms with E-state index >= 15 is 0 Å². The highest BCUT2D eigenvalue weighted by Crippen LogP contribution is 2.22. The van der Waals surface area contributed by atoms with Crippen molar-refractivity contribution in [1.82, 2.24) is 14.8 Å². The molecule has 0 saturated heterocycles. The molecule has 5 heteroatoms. The summed E-state index contributed by atoms with van der Waals surface area (Å²) < 4.78 is 7.35. The molecule has 0 aromatic carbocycles. The Morgan fingerprint density at radius 2 is 2.24 bits per heavy atom. The number of furan rings is 1. The molecule has 0 bridgehead atoms. The summed E-state index contributed by atoms with van der Waals surface area (Å²) in [6, 6.07) is 1.90. The predicted molar refractivity (Wildman–Crippen MR) is 64.5 cm³/mol. The molecule has 0 fully saturated rings. The van der Waals surface area contributed by atoms with Crippen LogP contribution in [0, 0.1) is 13.8 Å². The molecule has 2 aromatic rings. The average Bonchev–Trinajstić information content (AvgIpc) is 2.84. The van der Waals surface area contributed by atoms with Crippen LogP contribution >= 0.6 is 0 Å². The summed E-state index contributed by atoms with van der Waals surface area (Å²) in [5.74, 6) is 2.70. The molecular formula is C12H18N4O. The first-order valence-electron chi connectivity index (χ1n) is 5.81. The Hall–Kier alpha value is -1.62. The molecule has 5 nitrogen and oxygen atoms in total. The topological polar surface area (TPSA) is 69.9 Å². The van der Waals surface area contributed by atoms with Crippen molar-refractivity contribution in [3.63, 3.8) is 0 Å². The number of hydrogen-bond acceptors (Lipinski definition) is 4. The van der Waals surface area contributed by atoms with E-state index in [1.54, 1.807) is 6.33 Å². The lowest BCUT2D eigenvalue weighted by molar-refractivity contribution is 0.495. The van der Waals surface area contributed by atoms with Gasteiger partial charge in [0.05, 0.1) is 0 Å². The molecule has 0 spiro atoms. The van der Waals surface area contributed by atoms with Gasteiger partial charge in [0.1, 0.15) is 23.7 Å². The van der Waals surface area contributed by atoms with Crippen LogP contribution in [0.1, 0.15) is 35.9 Å². The Morgan fingerprint density at radius 1 is 1.47 bits per heavy atom. The Kier molecular flexibility index (Phi) is 3.28. The van der Waals surface area contributed by atoms with Gasteiger partial charge in [-0.1, -0.05) is 0 Å². The summed E-state index contributed by atoms with van der Waals surface area (Å²) in [6.07, 6.45) is 2.24. The van der Waals surface area contributed by atoms with Crippen LogP contribution in [0.25, 0.3) is 0 Å². The number of rotatable bonds is 4. The Balaban J connectivity index is 2.17. The normalized spacial score (nSPS) is 12.9. The number of hydrogen-bond donors (Lipinski definition) is 1. The van der Waals surface area contributed by atoms with Gasteiger partial charge in [-0.2, -0.15) is 5.10 Å². The van der Waals surface area contributed by atoms with Crippen LogP contribution in [0.5, 0.6) is 0 Å². The third-order valence-electron chi connectivity index (χ3n) is 2.88. The molecule has 0 aliphatic carbocycles. The van der Waals surface area contributed by atoms with Gasteiger partial charge in [0.2, 0.25) is 0 Å². The molecule has 17 heavy (non-hydrogen) atoms. The van der Waals surface area contributed by atoms with Crippen molar-refractivity contribution in [1.29, 1.82) is 0 Å². The highest BCUT2D eigenvalue weighted by molar-refractivity contribution is 5.24. The van der Waals surface area contributed by atoms with Crippen LogP contribution in [0.2, 0.25) is 0 Å². The second-order valence-electron chi connectivity index (χ2n) is 4.17. The maximum absolute atomic E-state index is 6.18. The van der Waals surface area contributed by atoms with Gasteiger partial charge < -0.3 is 10.2 Å². The molecule has 0 aliphatic rings. The van der Waals surface area contributed by atoms with E-state index in [4.69, 9.17) is 10.2 Å². The fraction of sp³-hybridized carbons (Fsp3) is 0.500. The third kappa shape index (κ3) is 2.39. The highest BCUT2D eigenvalue weighted by Gasteiger charge is 2.16. The molecule has 1 unspecified atom stereocenters. The van der Waals surface area contributed by atoms with E-state index in [-0.39, 0.29) is 6.04 Å². The lowest BCUT2D eigenvalue weighted by Crippen LogP contribution is -2.17. The van der Waals surface area contributed by atoms with Crippen molar-refractivity contribution in [2.45, 2.75) is 39.8 Å². The lowest BCUT2D eigenvalue weighted by atomic mass is 10.1.